The van der Waals surface area contributed by atoms with Gasteiger partial charge in [-0.25, -0.2) is 0 Å². The summed E-state index contributed by atoms with van der Waals surface area (Å²) in [6.45, 7) is 3.64. The first-order chi connectivity index (χ1) is 12.0. The molecule has 0 saturated carbocycles. The molecule has 0 saturated heterocycles. The number of carboxylic acids is 1. The zero-order valence-electron chi connectivity index (χ0n) is 14.6. The highest BCUT2D eigenvalue weighted by atomic mass is 16.4. The van der Waals surface area contributed by atoms with Gasteiger partial charge in [-0.2, -0.15) is 0 Å². The largest absolute Gasteiger partial charge is 0.480 e. The van der Waals surface area contributed by atoms with Gasteiger partial charge in [-0.3, -0.25) is 14.5 Å². The summed E-state index contributed by atoms with van der Waals surface area (Å²) in [4.78, 5) is 24.9. The maximum Gasteiger partial charge on any atom is 0.317 e. The Bertz CT molecular complexity index is 714. The Balaban J connectivity index is 2.06. The third kappa shape index (κ3) is 6.04. The van der Waals surface area contributed by atoms with Crippen molar-refractivity contribution in [2.45, 2.75) is 26.3 Å². The average molecular weight is 340 g/mol. The molecule has 0 fully saturated rings. The summed E-state index contributed by atoms with van der Waals surface area (Å²) in [6, 6.07) is 17.7. The molecule has 25 heavy (non-hydrogen) atoms. The van der Waals surface area contributed by atoms with Gasteiger partial charge in [0.2, 0.25) is 5.91 Å². The van der Waals surface area contributed by atoms with E-state index in [1.807, 2.05) is 68.4 Å². The lowest BCUT2D eigenvalue weighted by atomic mass is 10.0. The molecule has 0 unspecified atom stereocenters. The fourth-order valence-electron chi connectivity index (χ4n) is 2.58. The van der Waals surface area contributed by atoms with Crippen LogP contribution in [-0.4, -0.2) is 41.0 Å². The lowest BCUT2D eigenvalue weighted by Crippen LogP contribution is -2.41. The lowest BCUT2D eigenvalue weighted by Gasteiger charge is -2.24. The molecule has 2 rings (SSSR count). The predicted octanol–water partition coefficient (Wildman–Crippen LogP) is 3.01. The monoisotopic (exact) mass is 340 g/mol. The van der Waals surface area contributed by atoms with Gasteiger partial charge in [-0.15, -0.1) is 0 Å². The van der Waals surface area contributed by atoms with Gasteiger partial charge < -0.3 is 10.4 Å². The number of rotatable bonds is 8. The number of aliphatic carboxylic acids is 1. The molecule has 0 aliphatic rings. The van der Waals surface area contributed by atoms with Gasteiger partial charge in [0.05, 0.1) is 13.1 Å². The van der Waals surface area contributed by atoms with Crippen LogP contribution in [0.4, 0.5) is 5.69 Å². The van der Waals surface area contributed by atoms with Crippen molar-refractivity contribution < 1.29 is 14.7 Å². The molecule has 0 bridgehead atoms. The molecule has 0 spiro atoms. The van der Waals surface area contributed by atoms with E-state index in [0.29, 0.717) is 0 Å². The molecule has 2 aromatic carbocycles. The van der Waals surface area contributed by atoms with Crippen molar-refractivity contribution in [1.29, 1.82) is 0 Å². The summed E-state index contributed by atoms with van der Waals surface area (Å²) in [5.41, 5.74) is 2.95. The van der Waals surface area contributed by atoms with Gasteiger partial charge in [0, 0.05) is 11.7 Å². The number of para-hydroxylation sites is 1. The summed E-state index contributed by atoms with van der Waals surface area (Å²) in [5.74, 6) is -1.15. The van der Waals surface area contributed by atoms with E-state index in [4.69, 9.17) is 5.11 Å². The van der Waals surface area contributed by atoms with Crippen LogP contribution >= 0.6 is 0 Å². The molecular formula is C20H24N2O3. The first-order valence-corrected chi connectivity index (χ1v) is 8.33. The standard InChI is InChI=1S/C20H24N2O3/c1-15(2)22(14-20(24)25)13-19(23)21-18-11-7-6-10-17(18)12-16-8-4-3-5-9-16/h3-11,15H,12-14H2,1-2H3,(H,21,23)(H,24,25). The quantitative estimate of drug-likeness (QED) is 0.775. The van der Waals surface area contributed by atoms with Gasteiger partial charge in [0.15, 0.2) is 0 Å². The Kier molecular flexibility index (Phi) is 6.71. The van der Waals surface area contributed by atoms with Gasteiger partial charge in [0.1, 0.15) is 0 Å². The molecular weight excluding hydrogens is 316 g/mol. The Hall–Kier alpha value is -2.66. The van der Waals surface area contributed by atoms with Crippen LogP contribution in [-0.2, 0) is 16.0 Å². The van der Waals surface area contributed by atoms with E-state index in [2.05, 4.69) is 5.32 Å². The summed E-state index contributed by atoms with van der Waals surface area (Å²) in [5, 5.41) is 11.9. The highest BCUT2D eigenvalue weighted by Crippen LogP contribution is 2.19. The second-order valence-electron chi connectivity index (χ2n) is 6.26. The van der Waals surface area contributed by atoms with Crippen LogP contribution in [0, 0.1) is 0 Å². The summed E-state index contributed by atoms with van der Waals surface area (Å²) in [7, 11) is 0. The number of hydrogen-bond acceptors (Lipinski definition) is 3. The lowest BCUT2D eigenvalue weighted by molar-refractivity contribution is -0.139. The molecule has 5 heteroatoms. The minimum absolute atomic E-state index is 0.0265. The zero-order chi connectivity index (χ0) is 18.2. The molecule has 0 atom stereocenters. The fourth-order valence-corrected chi connectivity index (χ4v) is 2.58. The first kappa shape index (κ1) is 18.7. The minimum atomic E-state index is -0.939. The predicted molar refractivity (Wildman–Crippen MR) is 98.7 cm³/mol. The van der Waals surface area contributed by atoms with Crippen LogP contribution in [0.1, 0.15) is 25.0 Å². The normalized spacial score (nSPS) is 10.9. The zero-order valence-corrected chi connectivity index (χ0v) is 14.6. The van der Waals surface area contributed by atoms with Crippen molar-refractivity contribution in [3.63, 3.8) is 0 Å². The van der Waals surface area contributed by atoms with E-state index in [9.17, 15) is 9.59 Å². The van der Waals surface area contributed by atoms with Crippen molar-refractivity contribution >= 4 is 17.6 Å². The van der Waals surface area contributed by atoms with Crippen molar-refractivity contribution in [3.05, 3.63) is 65.7 Å². The van der Waals surface area contributed by atoms with Crippen LogP contribution in [0.2, 0.25) is 0 Å². The van der Waals surface area contributed by atoms with E-state index in [-0.39, 0.29) is 25.0 Å². The number of nitrogens with one attached hydrogen (secondary N) is 1. The molecule has 1 amide bonds. The summed E-state index contributed by atoms with van der Waals surface area (Å²) >= 11 is 0. The third-order valence-electron chi connectivity index (χ3n) is 3.94. The third-order valence-corrected chi connectivity index (χ3v) is 3.94. The topological polar surface area (TPSA) is 69.6 Å². The second kappa shape index (κ2) is 8.99. The molecule has 0 heterocycles. The Morgan fingerprint density at radius 3 is 2.28 bits per heavy atom. The number of amides is 1. The molecule has 0 aliphatic carbocycles. The molecule has 132 valence electrons. The number of carbonyl (C=O) groups excluding carboxylic acids is 1. The Morgan fingerprint density at radius 1 is 1.00 bits per heavy atom. The van der Waals surface area contributed by atoms with Gasteiger partial charge in [-0.05, 0) is 37.5 Å². The molecule has 0 aliphatic heterocycles. The van der Waals surface area contributed by atoms with Crippen LogP contribution in [0.5, 0.6) is 0 Å². The van der Waals surface area contributed by atoms with Crippen molar-refractivity contribution in [1.82, 2.24) is 4.90 Å². The Morgan fingerprint density at radius 2 is 1.64 bits per heavy atom. The van der Waals surface area contributed by atoms with Crippen LogP contribution in [0.3, 0.4) is 0 Å². The van der Waals surface area contributed by atoms with E-state index in [0.717, 1.165) is 17.7 Å². The smallest absolute Gasteiger partial charge is 0.317 e. The number of hydrogen-bond donors (Lipinski definition) is 2. The number of anilines is 1. The maximum absolute atomic E-state index is 12.4. The maximum atomic E-state index is 12.4. The second-order valence-corrected chi connectivity index (χ2v) is 6.26. The SMILES string of the molecule is CC(C)N(CC(=O)O)CC(=O)Nc1ccccc1Cc1ccccc1. The van der Waals surface area contributed by atoms with Crippen LogP contribution in [0.25, 0.3) is 0 Å². The van der Waals surface area contributed by atoms with E-state index in [1.54, 1.807) is 4.90 Å². The number of carboxylic acid groups (broad SMARTS) is 1. The van der Waals surface area contributed by atoms with E-state index in [1.165, 1.54) is 5.56 Å². The van der Waals surface area contributed by atoms with Crippen molar-refractivity contribution in [2.24, 2.45) is 0 Å². The first-order valence-electron chi connectivity index (χ1n) is 8.33. The summed E-state index contributed by atoms with van der Waals surface area (Å²) in [6.07, 6.45) is 0.723. The minimum Gasteiger partial charge on any atom is -0.480 e. The van der Waals surface area contributed by atoms with E-state index >= 15 is 0 Å². The summed E-state index contributed by atoms with van der Waals surface area (Å²) < 4.78 is 0. The van der Waals surface area contributed by atoms with Gasteiger partial charge in [-0.1, -0.05) is 48.5 Å². The molecule has 0 aromatic heterocycles. The molecule has 2 N–H and O–H groups in total. The van der Waals surface area contributed by atoms with Crippen LogP contribution in [0.15, 0.2) is 54.6 Å². The molecule has 5 nitrogen and oxygen atoms in total. The fraction of sp³-hybridized carbons (Fsp3) is 0.300. The highest BCUT2D eigenvalue weighted by molar-refractivity contribution is 5.93. The number of carbonyl (C=O) groups is 2. The van der Waals surface area contributed by atoms with Crippen molar-refractivity contribution in [3.8, 4) is 0 Å². The highest BCUT2D eigenvalue weighted by Gasteiger charge is 2.17. The van der Waals surface area contributed by atoms with Crippen molar-refractivity contribution in [2.75, 3.05) is 18.4 Å². The molecule has 0 radical (unpaired) electrons. The molecule has 2 aromatic rings. The number of benzene rings is 2. The van der Waals surface area contributed by atoms with Gasteiger partial charge in [0.25, 0.3) is 0 Å². The van der Waals surface area contributed by atoms with Crippen LogP contribution < -0.4 is 5.32 Å². The Labute approximate surface area is 148 Å². The van der Waals surface area contributed by atoms with E-state index < -0.39 is 5.97 Å². The van der Waals surface area contributed by atoms with Gasteiger partial charge >= 0.3 is 5.97 Å². The average Bonchev–Trinajstić information content (AvgIpc) is 2.56. The number of nitrogens with zero attached hydrogens (tertiary/aromatic N) is 1.